The van der Waals surface area contributed by atoms with Crippen LogP contribution in [0.4, 0.5) is 0 Å². The van der Waals surface area contributed by atoms with Gasteiger partial charge in [0.25, 0.3) is 5.56 Å². The summed E-state index contributed by atoms with van der Waals surface area (Å²) in [5, 5.41) is 4.66. The zero-order valence-corrected chi connectivity index (χ0v) is 13.9. The lowest BCUT2D eigenvalue weighted by Gasteiger charge is -2.14. The molecule has 1 heterocycles. The minimum atomic E-state index is -0.581. The number of nitrogens with zero attached hydrogens (tertiary/aromatic N) is 2. The van der Waals surface area contributed by atoms with E-state index in [1.807, 2.05) is 25.1 Å². The monoisotopic (exact) mass is 334 g/mol. The van der Waals surface area contributed by atoms with Crippen LogP contribution in [0.5, 0.6) is 0 Å². The van der Waals surface area contributed by atoms with Crippen molar-refractivity contribution in [3.8, 4) is 0 Å². The zero-order chi connectivity index (χ0) is 16.8. The van der Waals surface area contributed by atoms with Crippen molar-refractivity contribution in [3.05, 3.63) is 63.0 Å². The summed E-state index contributed by atoms with van der Waals surface area (Å²) in [7, 11) is 0. The van der Waals surface area contributed by atoms with E-state index in [2.05, 4.69) is 5.10 Å². The molecule has 0 aliphatic carbocycles. The third-order valence-electron chi connectivity index (χ3n) is 3.57. The van der Waals surface area contributed by atoms with Crippen LogP contribution in [0, 0.1) is 0 Å². The molecule has 0 aliphatic rings. The predicted molar refractivity (Wildman–Crippen MR) is 88.7 cm³/mol. The summed E-state index contributed by atoms with van der Waals surface area (Å²) >= 11 is 6.13. The summed E-state index contributed by atoms with van der Waals surface area (Å²) in [5.41, 5.74) is 0.894. The minimum absolute atomic E-state index is 0.256. The molecule has 0 bridgehead atoms. The molecule has 1 aromatic carbocycles. The molecule has 0 saturated carbocycles. The van der Waals surface area contributed by atoms with Crippen LogP contribution in [0.1, 0.15) is 37.3 Å². The molecule has 0 N–H and O–H groups in total. The second-order valence-electron chi connectivity index (χ2n) is 5.05. The third-order valence-corrected chi connectivity index (χ3v) is 3.94. The Labute approximate surface area is 139 Å². The second kappa shape index (κ2) is 7.92. The highest BCUT2D eigenvalue weighted by Gasteiger charge is 2.23. The lowest BCUT2D eigenvalue weighted by molar-refractivity contribution is -0.145. The quantitative estimate of drug-likeness (QED) is 0.762. The van der Waals surface area contributed by atoms with Gasteiger partial charge in [-0.25, -0.2) is 4.68 Å². The van der Waals surface area contributed by atoms with Gasteiger partial charge >= 0.3 is 5.97 Å². The van der Waals surface area contributed by atoms with Gasteiger partial charge in [-0.05, 0) is 31.0 Å². The number of benzene rings is 1. The Morgan fingerprint density at radius 3 is 2.70 bits per heavy atom. The van der Waals surface area contributed by atoms with Gasteiger partial charge in [-0.1, -0.05) is 36.7 Å². The Morgan fingerprint density at radius 2 is 2.04 bits per heavy atom. The molecule has 6 heteroatoms. The van der Waals surface area contributed by atoms with Crippen molar-refractivity contribution < 1.29 is 9.53 Å². The molecule has 1 unspecified atom stereocenters. The molecule has 1 aromatic heterocycles. The Morgan fingerprint density at radius 1 is 1.30 bits per heavy atom. The summed E-state index contributed by atoms with van der Waals surface area (Å²) in [5.74, 6) is -0.967. The van der Waals surface area contributed by atoms with E-state index in [9.17, 15) is 9.59 Å². The summed E-state index contributed by atoms with van der Waals surface area (Å²) in [6, 6.07) is 8.86. The van der Waals surface area contributed by atoms with Gasteiger partial charge in [0.15, 0.2) is 0 Å². The molecule has 0 saturated heterocycles. The van der Waals surface area contributed by atoms with Crippen molar-refractivity contribution in [2.45, 2.75) is 32.7 Å². The maximum Gasteiger partial charge on any atom is 0.313 e. The normalized spacial score (nSPS) is 12.0. The number of carbonyl (C=O) groups is 1. The Balaban J connectivity index is 2.36. The van der Waals surface area contributed by atoms with Gasteiger partial charge in [-0.2, -0.15) is 5.10 Å². The van der Waals surface area contributed by atoms with Crippen molar-refractivity contribution in [2.75, 3.05) is 6.61 Å². The molecule has 122 valence electrons. The summed E-state index contributed by atoms with van der Waals surface area (Å²) in [4.78, 5) is 24.7. The highest BCUT2D eigenvalue weighted by Crippen LogP contribution is 2.18. The Kier molecular flexibility index (Phi) is 5.93. The standard InChI is InChI=1S/C17H19ClN2O3/c1-3-13(17(22)23-4-2)14-9-10-19-20(16(14)21)11-12-7-5-6-8-15(12)18/h5-10,13H,3-4,11H2,1-2H3. The topological polar surface area (TPSA) is 61.2 Å². The number of ether oxygens (including phenoxy) is 1. The van der Waals surface area contributed by atoms with Crippen LogP contribution in [0.2, 0.25) is 5.02 Å². The van der Waals surface area contributed by atoms with Crippen LogP contribution in [0.25, 0.3) is 0 Å². The molecule has 1 atom stereocenters. The lowest BCUT2D eigenvalue weighted by atomic mass is 9.98. The van der Waals surface area contributed by atoms with Crippen LogP contribution in [-0.4, -0.2) is 22.4 Å². The molecule has 2 aromatic rings. The number of carbonyl (C=O) groups excluding carboxylic acids is 1. The highest BCUT2D eigenvalue weighted by molar-refractivity contribution is 6.31. The number of hydrogen-bond donors (Lipinski definition) is 0. The molecule has 0 spiro atoms. The van der Waals surface area contributed by atoms with Gasteiger partial charge in [0.05, 0.1) is 19.1 Å². The predicted octanol–water partition coefficient (Wildman–Crippen LogP) is 3.00. The first-order valence-corrected chi connectivity index (χ1v) is 7.92. The first-order chi connectivity index (χ1) is 11.1. The van der Waals surface area contributed by atoms with Crippen LogP contribution >= 0.6 is 11.6 Å². The highest BCUT2D eigenvalue weighted by atomic mass is 35.5. The molecular formula is C17H19ClN2O3. The van der Waals surface area contributed by atoms with E-state index in [4.69, 9.17) is 16.3 Å². The molecule has 0 fully saturated rings. The molecule has 0 aliphatic heterocycles. The van der Waals surface area contributed by atoms with E-state index in [1.54, 1.807) is 19.1 Å². The van der Waals surface area contributed by atoms with Gasteiger partial charge in [-0.3, -0.25) is 9.59 Å². The Hall–Kier alpha value is -2.14. The van der Waals surface area contributed by atoms with Crippen LogP contribution < -0.4 is 5.56 Å². The summed E-state index contributed by atoms with van der Waals surface area (Å²) in [6.07, 6.45) is 2.01. The fourth-order valence-corrected chi connectivity index (χ4v) is 2.58. The first-order valence-electron chi connectivity index (χ1n) is 7.54. The average molecular weight is 335 g/mol. The van der Waals surface area contributed by atoms with Crippen molar-refractivity contribution in [2.24, 2.45) is 0 Å². The van der Waals surface area contributed by atoms with E-state index >= 15 is 0 Å². The van der Waals surface area contributed by atoms with E-state index in [1.165, 1.54) is 10.9 Å². The van der Waals surface area contributed by atoms with Crippen LogP contribution in [0.3, 0.4) is 0 Å². The SMILES string of the molecule is CCOC(=O)C(CC)c1ccnn(Cc2ccccc2Cl)c1=O. The molecule has 23 heavy (non-hydrogen) atoms. The lowest BCUT2D eigenvalue weighted by Crippen LogP contribution is -2.30. The summed E-state index contributed by atoms with van der Waals surface area (Å²) in [6.45, 7) is 4.13. The van der Waals surface area contributed by atoms with Crippen molar-refractivity contribution in [1.29, 1.82) is 0 Å². The van der Waals surface area contributed by atoms with E-state index < -0.39 is 5.92 Å². The molecular weight excluding hydrogens is 316 g/mol. The van der Waals surface area contributed by atoms with Crippen molar-refractivity contribution in [1.82, 2.24) is 9.78 Å². The summed E-state index contributed by atoms with van der Waals surface area (Å²) < 4.78 is 6.37. The number of esters is 1. The van der Waals surface area contributed by atoms with E-state index in [0.717, 1.165) is 5.56 Å². The number of aromatic nitrogens is 2. The minimum Gasteiger partial charge on any atom is -0.466 e. The second-order valence-corrected chi connectivity index (χ2v) is 5.46. The zero-order valence-electron chi connectivity index (χ0n) is 13.2. The fraction of sp³-hybridized carbons (Fsp3) is 0.353. The third kappa shape index (κ3) is 3.99. The molecule has 2 rings (SSSR count). The van der Waals surface area contributed by atoms with Gasteiger partial charge in [0.1, 0.15) is 0 Å². The van der Waals surface area contributed by atoms with Crippen LogP contribution in [0.15, 0.2) is 41.3 Å². The maximum atomic E-state index is 12.6. The van der Waals surface area contributed by atoms with E-state index in [-0.39, 0.29) is 24.7 Å². The van der Waals surface area contributed by atoms with Crippen molar-refractivity contribution in [3.63, 3.8) is 0 Å². The smallest absolute Gasteiger partial charge is 0.313 e. The number of halogens is 1. The maximum absolute atomic E-state index is 12.6. The van der Waals surface area contributed by atoms with Crippen LogP contribution in [-0.2, 0) is 16.1 Å². The van der Waals surface area contributed by atoms with E-state index in [0.29, 0.717) is 17.0 Å². The average Bonchev–Trinajstić information content (AvgIpc) is 2.54. The van der Waals surface area contributed by atoms with Gasteiger partial charge in [0.2, 0.25) is 0 Å². The van der Waals surface area contributed by atoms with Gasteiger partial charge in [0, 0.05) is 16.8 Å². The molecule has 0 radical (unpaired) electrons. The fourth-order valence-electron chi connectivity index (χ4n) is 2.39. The van der Waals surface area contributed by atoms with Crippen molar-refractivity contribution >= 4 is 17.6 Å². The Bertz CT molecular complexity index is 743. The number of hydrogen-bond acceptors (Lipinski definition) is 4. The first kappa shape index (κ1) is 17.2. The molecule has 5 nitrogen and oxygen atoms in total. The van der Waals surface area contributed by atoms with Gasteiger partial charge < -0.3 is 4.74 Å². The molecule has 0 amide bonds. The van der Waals surface area contributed by atoms with Gasteiger partial charge in [-0.15, -0.1) is 0 Å². The largest absolute Gasteiger partial charge is 0.466 e. The number of rotatable bonds is 6.